The number of hydrogen-bond donors (Lipinski definition) is 1. The number of nitrogens with one attached hydrogen (secondary N) is 1. The van der Waals surface area contributed by atoms with Gasteiger partial charge in [-0.1, -0.05) is 35.3 Å². The summed E-state index contributed by atoms with van der Waals surface area (Å²) >= 11 is 12.2. The monoisotopic (exact) mass is 317 g/mol. The van der Waals surface area contributed by atoms with Gasteiger partial charge in [0.15, 0.2) is 0 Å². The van der Waals surface area contributed by atoms with E-state index >= 15 is 0 Å². The van der Waals surface area contributed by atoms with Gasteiger partial charge in [-0.25, -0.2) is 4.98 Å². The second-order valence-corrected chi connectivity index (χ2v) is 6.19. The highest BCUT2D eigenvalue weighted by Gasteiger charge is 2.25. The van der Waals surface area contributed by atoms with Crippen molar-refractivity contribution in [1.82, 2.24) is 9.38 Å². The number of pyridine rings is 1. The van der Waals surface area contributed by atoms with Gasteiger partial charge in [0.25, 0.3) is 0 Å². The summed E-state index contributed by atoms with van der Waals surface area (Å²) in [6.45, 7) is 0. The summed E-state index contributed by atoms with van der Waals surface area (Å²) in [4.78, 5) is 4.73. The zero-order chi connectivity index (χ0) is 14.4. The van der Waals surface area contributed by atoms with Crippen LogP contribution in [0.1, 0.15) is 12.8 Å². The molecule has 3 aromatic rings. The first-order chi connectivity index (χ1) is 10.2. The molecule has 0 aliphatic heterocycles. The topological polar surface area (TPSA) is 29.3 Å². The van der Waals surface area contributed by atoms with Crippen LogP contribution in [-0.2, 0) is 0 Å². The van der Waals surface area contributed by atoms with Crippen molar-refractivity contribution in [2.45, 2.75) is 18.9 Å². The van der Waals surface area contributed by atoms with Crippen molar-refractivity contribution >= 4 is 34.7 Å². The second-order valence-electron chi connectivity index (χ2n) is 5.31. The van der Waals surface area contributed by atoms with Crippen LogP contribution in [-0.4, -0.2) is 15.4 Å². The van der Waals surface area contributed by atoms with E-state index in [1.165, 1.54) is 12.8 Å². The first kappa shape index (κ1) is 13.0. The van der Waals surface area contributed by atoms with Gasteiger partial charge in [0.05, 0.1) is 5.02 Å². The zero-order valence-corrected chi connectivity index (χ0v) is 12.7. The molecule has 0 saturated heterocycles. The molecule has 0 spiro atoms. The van der Waals surface area contributed by atoms with Crippen LogP contribution >= 0.6 is 23.2 Å². The smallest absolute Gasteiger partial charge is 0.139 e. The Kier molecular flexibility index (Phi) is 3.05. The number of rotatable bonds is 3. The fraction of sp³-hybridized carbons (Fsp3) is 0.188. The summed E-state index contributed by atoms with van der Waals surface area (Å²) in [5, 5.41) is 4.95. The van der Waals surface area contributed by atoms with E-state index in [-0.39, 0.29) is 0 Å². The van der Waals surface area contributed by atoms with Crippen LogP contribution in [0, 0.1) is 0 Å². The molecule has 1 aliphatic carbocycles. The van der Waals surface area contributed by atoms with E-state index in [4.69, 9.17) is 28.2 Å². The van der Waals surface area contributed by atoms with Gasteiger partial charge in [0, 0.05) is 22.8 Å². The van der Waals surface area contributed by atoms with Crippen molar-refractivity contribution in [3.05, 3.63) is 52.6 Å². The lowest BCUT2D eigenvalue weighted by Gasteiger charge is -2.08. The van der Waals surface area contributed by atoms with E-state index in [0.717, 1.165) is 22.7 Å². The molecule has 1 saturated carbocycles. The SMILES string of the molecule is Clc1cccc(-c2nc3ccc(Cl)cn3c2NC2CC2)c1. The number of imidazole rings is 1. The lowest BCUT2D eigenvalue weighted by atomic mass is 10.1. The number of benzene rings is 1. The molecule has 106 valence electrons. The van der Waals surface area contributed by atoms with Gasteiger partial charge in [0.2, 0.25) is 0 Å². The fourth-order valence-corrected chi connectivity index (χ4v) is 2.77. The van der Waals surface area contributed by atoms with Gasteiger partial charge in [-0.2, -0.15) is 0 Å². The highest BCUT2D eigenvalue weighted by Crippen LogP contribution is 2.34. The summed E-state index contributed by atoms with van der Waals surface area (Å²) < 4.78 is 2.01. The van der Waals surface area contributed by atoms with Gasteiger partial charge >= 0.3 is 0 Å². The van der Waals surface area contributed by atoms with Crippen molar-refractivity contribution in [2.75, 3.05) is 5.32 Å². The normalized spacial score (nSPS) is 14.6. The molecule has 4 rings (SSSR count). The molecule has 1 N–H and O–H groups in total. The minimum atomic E-state index is 0.529. The molecule has 5 heteroatoms. The van der Waals surface area contributed by atoms with Crippen LogP contribution in [0.5, 0.6) is 0 Å². The highest BCUT2D eigenvalue weighted by atomic mass is 35.5. The predicted molar refractivity (Wildman–Crippen MR) is 87.3 cm³/mol. The molecule has 0 radical (unpaired) electrons. The van der Waals surface area contributed by atoms with Crippen LogP contribution in [0.15, 0.2) is 42.6 Å². The molecule has 2 heterocycles. The van der Waals surface area contributed by atoms with E-state index < -0.39 is 0 Å². The molecule has 0 amide bonds. The zero-order valence-electron chi connectivity index (χ0n) is 11.2. The Balaban J connectivity index is 1.94. The fourth-order valence-electron chi connectivity index (χ4n) is 2.41. The third-order valence-corrected chi connectivity index (χ3v) is 4.06. The van der Waals surface area contributed by atoms with Gasteiger partial charge in [-0.05, 0) is 37.1 Å². The van der Waals surface area contributed by atoms with Crippen LogP contribution < -0.4 is 5.32 Å². The Morgan fingerprint density at radius 1 is 1.10 bits per heavy atom. The molecule has 1 aliphatic rings. The Bertz CT molecular complexity index is 822. The van der Waals surface area contributed by atoms with E-state index in [9.17, 15) is 0 Å². The summed E-state index contributed by atoms with van der Waals surface area (Å²) in [5.41, 5.74) is 2.79. The molecule has 2 aromatic heterocycles. The van der Waals surface area contributed by atoms with E-state index in [1.54, 1.807) is 0 Å². The van der Waals surface area contributed by atoms with E-state index in [1.807, 2.05) is 47.0 Å². The predicted octanol–water partition coefficient (Wildman–Crippen LogP) is 4.88. The summed E-state index contributed by atoms with van der Waals surface area (Å²) in [5.74, 6) is 0.984. The lowest BCUT2D eigenvalue weighted by Crippen LogP contribution is -2.05. The summed E-state index contributed by atoms with van der Waals surface area (Å²) in [6.07, 6.45) is 4.29. The van der Waals surface area contributed by atoms with Gasteiger partial charge < -0.3 is 5.32 Å². The average molecular weight is 318 g/mol. The molecule has 21 heavy (non-hydrogen) atoms. The first-order valence-corrected chi connectivity index (χ1v) is 7.66. The van der Waals surface area contributed by atoms with Gasteiger partial charge in [0.1, 0.15) is 17.2 Å². The maximum atomic E-state index is 6.13. The maximum Gasteiger partial charge on any atom is 0.139 e. The number of aromatic nitrogens is 2. The maximum absolute atomic E-state index is 6.13. The third-order valence-electron chi connectivity index (χ3n) is 3.60. The number of anilines is 1. The first-order valence-electron chi connectivity index (χ1n) is 6.91. The second kappa shape index (κ2) is 4.93. The van der Waals surface area contributed by atoms with Crippen molar-refractivity contribution in [2.24, 2.45) is 0 Å². The number of hydrogen-bond acceptors (Lipinski definition) is 2. The summed E-state index contributed by atoms with van der Waals surface area (Å²) in [6, 6.07) is 12.1. The van der Waals surface area contributed by atoms with Crippen molar-refractivity contribution < 1.29 is 0 Å². The Labute approximate surface area is 132 Å². The molecule has 3 nitrogen and oxygen atoms in total. The van der Waals surface area contributed by atoms with Gasteiger partial charge in [-0.3, -0.25) is 4.40 Å². The minimum Gasteiger partial charge on any atom is -0.367 e. The Hall–Kier alpha value is -1.71. The molecule has 0 unspecified atom stereocenters. The van der Waals surface area contributed by atoms with Crippen LogP contribution in [0.4, 0.5) is 5.82 Å². The minimum absolute atomic E-state index is 0.529. The standard InChI is InChI=1S/C16H13Cl2N3/c17-11-3-1-2-10(8-11)15-16(19-13-5-6-13)21-9-12(18)4-7-14(21)20-15/h1-4,7-9,13,19H,5-6H2. The van der Waals surface area contributed by atoms with E-state index in [2.05, 4.69) is 5.32 Å². The number of nitrogens with zero attached hydrogens (tertiary/aromatic N) is 2. The van der Waals surface area contributed by atoms with Crippen LogP contribution in [0.2, 0.25) is 10.0 Å². The largest absolute Gasteiger partial charge is 0.367 e. The number of fused-ring (bicyclic) bond motifs is 1. The number of halogens is 2. The lowest BCUT2D eigenvalue weighted by molar-refractivity contribution is 1.08. The van der Waals surface area contributed by atoms with Crippen molar-refractivity contribution in [1.29, 1.82) is 0 Å². The van der Waals surface area contributed by atoms with Crippen LogP contribution in [0.25, 0.3) is 16.9 Å². The third kappa shape index (κ3) is 2.47. The molecule has 1 aromatic carbocycles. The quantitative estimate of drug-likeness (QED) is 0.745. The Morgan fingerprint density at radius 2 is 1.95 bits per heavy atom. The highest BCUT2D eigenvalue weighted by molar-refractivity contribution is 6.31. The molecular weight excluding hydrogens is 305 g/mol. The van der Waals surface area contributed by atoms with Crippen molar-refractivity contribution in [3.8, 4) is 11.3 Å². The van der Waals surface area contributed by atoms with Crippen LogP contribution in [0.3, 0.4) is 0 Å². The van der Waals surface area contributed by atoms with Gasteiger partial charge in [-0.15, -0.1) is 0 Å². The molecule has 1 fully saturated rings. The Morgan fingerprint density at radius 3 is 2.71 bits per heavy atom. The summed E-state index contributed by atoms with van der Waals surface area (Å²) in [7, 11) is 0. The van der Waals surface area contributed by atoms with Crippen molar-refractivity contribution in [3.63, 3.8) is 0 Å². The van der Waals surface area contributed by atoms with E-state index in [0.29, 0.717) is 16.1 Å². The average Bonchev–Trinajstić information content (AvgIpc) is 3.21. The molecule has 0 atom stereocenters. The molecular formula is C16H13Cl2N3. The molecule has 0 bridgehead atoms.